The lowest BCUT2D eigenvalue weighted by Gasteiger charge is -2.28. The summed E-state index contributed by atoms with van der Waals surface area (Å²) in [7, 11) is -2.24. The fourth-order valence-electron chi connectivity index (χ4n) is 3.39. The summed E-state index contributed by atoms with van der Waals surface area (Å²) in [5.74, 6) is 0.416. The first-order valence-electron chi connectivity index (χ1n) is 10.9. The van der Waals surface area contributed by atoms with Crippen molar-refractivity contribution in [3.8, 4) is 5.75 Å². The number of rotatable bonds is 9. The number of carbonyl (C=O) groups excluding carboxylic acids is 1. The van der Waals surface area contributed by atoms with Crippen molar-refractivity contribution in [2.45, 2.75) is 31.8 Å². The first-order chi connectivity index (χ1) is 16.1. The number of aliphatic hydroxyl groups is 1. The Balaban J connectivity index is 1.78. The van der Waals surface area contributed by atoms with Crippen LogP contribution in [-0.2, 0) is 14.8 Å². The Bertz CT molecular complexity index is 1220. The highest BCUT2D eigenvalue weighted by Crippen LogP contribution is 2.27. The fourth-order valence-corrected chi connectivity index (χ4v) is 4.96. The summed E-state index contributed by atoms with van der Waals surface area (Å²) >= 11 is 0. The SMILES string of the molecule is CC(=O)N(C)c1ccc(OC[C@H](O)CN(c2ccccc2C)S(=O)(=O)c2ccc(C)cc2)cc1. The molecule has 0 aliphatic heterocycles. The highest BCUT2D eigenvalue weighted by Gasteiger charge is 2.28. The standard InChI is InChI=1S/C26H30N2O5S/c1-19-9-15-25(16-10-19)34(31,32)28(26-8-6-5-7-20(26)2)17-23(30)18-33-24-13-11-22(12-14-24)27(4)21(3)29/h5-16,23,30H,17-18H2,1-4H3/t23-/m1/s1. The molecule has 3 aromatic carbocycles. The first kappa shape index (κ1) is 25.3. The Kier molecular flexibility index (Phi) is 7.96. The van der Waals surface area contributed by atoms with Gasteiger partial charge in [-0.15, -0.1) is 0 Å². The second-order valence-corrected chi connectivity index (χ2v) is 10.0. The molecule has 0 heterocycles. The first-order valence-corrected chi connectivity index (χ1v) is 12.3. The fraction of sp³-hybridized carbons (Fsp3) is 0.269. The molecule has 7 nitrogen and oxygen atoms in total. The number of nitrogens with zero attached hydrogens (tertiary/aromatic N) is 2. The van der Waals surface area contributed by atoms with E-state index in [-0.39, 0.29) is 24.0 Å². The van der Waals surface area contributed by atoms with Gasteiger partial charge in [0.1, 0.15) is 18.5 Å². The van der Waals surface area contributed by atoms with Gasteiger partial charge in [0.25, 0.3) is 10.0 Å². The molecule has 0 saturated carbocycles. The molecule has 0 radical (unpaired) electrons. The second-order valence-electron chi connectivity index (χ2n) is 8.17. The predicted molar refractivity (Wildman–Crippen MR) is 134 cm³/mol. The van der Waals surface area contributed by atoms with E-state index < -0.39 is 16.1 Å². The van der Waals surface area contributed by atoms with E-state index in [4.69, 9.17) is 4.74 Å². The molecule has 34 heavy (non-hydrogen) atoms. The molecule has 0 unspecified atom stereocenters. The Morgan fingerprint density at radius 1 is 0.971 bits per heavy atom. The molecule has 3 rings (SSSR count). The molecular formula is C26H30N2O5S. The Hall–Kier alpha value is -3.36. The third-order valence-corrected chi connectivity index (χ3v) is 7.30. The third kappa shape index (κ3) is 5.95. The van der Waals surface area contributed by atoms with Crippen molar-refractivity contribution in [1.82, 2.24) is 0 Å². The Morgan fingerprint density at radius 2 is 1.59 bits per heavy atom. The van der Waals surface area contributed by atoms with E-state index in [9.17, 15) is 18.3 Å². The summed E-state index contributed by atoms with van der Waals surface area (Å²) in [5.41, 5.74) is 2.95. The maximum absolute atomic E-state index is 13.5. The number of amides is 1. The van der Waals surface area contributed by atoms with Crippen LogP contribution < -0.4 is 13.9 Å². The molecule has 8 heteroatoms. The number of anilines is 2. The minimum atomic E-state index is -3.91. The van der Waals surface area contributed by atoms with Crippen LogP contribution in [0.2, 0.25) is 0 Å². The zero-order valence-corrected chi connectivity index (χ0v) is 20.6. The van der Waals surface area contributed by atoms with Crippen LogP contribution in [0.4, 0.5) is 11.4 Å². The van der Waals surface area contributed by atoms with Gasteiger partial charge in [-0.3, -0.25) is 9.10 Å². The summed E-state index contributed by atoms with van der Waals surface area (Å²) in [4.78, 5) is 13.2. The van der Waals surface area contributed by atoms with Crippen LogP contribution in [0, 0.1) is 13.8 Å². The highest BCUT2D eigenvalue weighted by molar-refractivity contribution is 7.92. The lowest BCUT2D eigenvalue weighted by atomic mass is 10.2. The van der Waals surface area contributed by atoms with Gasteiger partial charge in [-0.25, -0.2) is 8.42 Å². The van der Waals surface area contributed by atoms with Crippen molar-refractivity contribution in [2.75, 3.05) is 29.4 Å². The molecule has 0 spiro atoms. The van der Waals surface area contributed by atoms with Crippen molar-refractivity contribution >= 4 is 27.3 Å². The van der Waals surface area contributed by atoms with Crippen LogP contribution in [0.1, 0.15) is 18.1 Å². The topological polar surface area (TPSA) is 87.2 Å². The number of benzene rings is 3. The van der Waals surface area contributed by atoms with Crippen molar-refractivity contribution in [1.29, 1.82) is 0 Å². The van der Waals surface area contributed by atoms with Gasteiger partial charge >= 0.3 is 0 Å². The van der Waals surface area contributed by atoms with Gasteiger partial charge in [-0.2, -0.15) is 0 Å². The molecular weight excluding hydrogens is 452 g/mol. The summed E-state index contributed by atoms with van der Waals surface area (Å²) < 4.78 is 33.9. The van der Waals surface area contributed by atoms with E-state index in [1.165, 1.54) is 16.1 Å². The molecule has 0 aromatic heterocycles. The molecule has 0 aliphatic rings. The molecule has 180 valence electrons. The maximum Gasteiger partial charge on any atom is 0.264 e. The van der Waals surface area contributed by atoms with E-state index >= 15 is 0 Å². The lowest BCUT2D eigenvalue weighted by molar-refractivity contribution is -0.116. The van der Waals surface area contributed by atoms with Gasteiger partial charge in [-0.1, -0.05) is 35.9 Å². The van der Waals surface area contributed by atoms with Crippen molar-refractivity contribution in [3.63, 3.8) is 0 Å². The summed E-state index contributed by atoms with van der Waals surface area (Å²) in [6.45, 7) is 4.92. The number of carbonyl (C=O) groups is 1. The number of hydrogen-bond donors (Lipinski definition) is 1. The molecule has 0 aliphatic carbocycles. The zero-order valence-electron chi connectivity index (χ0n) is 19.8. The maximum atomic E-state index is 13.5. The molecule has 3 aromatic rings. The van der Waals surface area contributed by atoms with E-state index in [1.54, 1.807) is 67.7 Å². The van der Waals surface area contributed by atoms with Crippen LogP contribution in [-0.4, -0.2) is 45.7 Å². The Morgan fingerprint density at radius 3 is 2.18 bits per heavy atom. The molecule has 1 N–H and O–H groups in total. The van der Waals surface area contributed by atoms with E-state index in [0.717, 1.165) is 16.8 Å². The predicted octanol–water partition coefficient (Wildman–Crippen LogP) is 3.92. The monoisotopic (exact) mass is 482 g/mol. The van der Waals surface area contributed by atoms with Gasteiger partial charge < -0.3 is 14.7 Å². The van der Waals surface area contributed by atoms with E-state index in [0.29, 0.717) is 11.4 Å². The van der Waals surface area contributed by atoms with E-state index in [2.05, 4.69) is 0 Å². The summed E-state index contributed by atoms with van der Waals surface area (Å²) in [5, 5.41) is 10.7. The smallest absolute Gasteiger partial charge is 0.264 e. The van der Waals surface area contributed by atoms with E-state index in [1.807, 2.05) is 26.0 Å². The Labute approximate surface area is 201 Å². The zero-order chi connectivity index (χ0) is 24.9. The molecule has 1 amide bonds. The minimum absolute atomic E-state index is 0.0878. The number of hydrogen-bond acceptors (Lipinski definition) is 5. The highest BCUT2D eigenvalue weighted by atomic mass is 32.2. The molecule has 0 bridgehead atoms. The van der Waals surface area contributed by atoms with Crippen LogP contribution >= 0.6 is 0 Å². The molecule has 0 saturated heterocycles. The number of aliphatic hydroxyl groups excluding tert-OH is 1. The third-order valence-electron chi connectivity index (χ3n) is 5.51. The van der Waals surface area contributed by atoms with Gasteiger partial charge in [0.05, 0.1) is 17.1 Å². The van der Waals surface area contributed by atoms with Crippen molar-refractivity contribution in [3.05, 3.63) is 83.9 Å². The number of ether oxygens (including phenoxy) is 1. The normalized spacial score (nSPS) is 12.1. The van der Waals surface area contributed by atoms with Crippen LogP contribution in [0.5, 0.6) is 5.75 Å². The van der Waals surface area contributed by atoms with Crippen molar-refractivity contribution < 1.29 is 23.1 Å². The summed E-state index contributed by atoms with van der Waals surface area (Å²) in [6.07, 6.45) is -1.08. The molecule has 1 atom stereocenters. The lowest BCUT2D eigenvalue weighted by Crippen LogP contribution is -2.40. The minimum Gasteiger partial charge on any atom is -0.491 e. The van der Waals surface area contributed by atoms with Gasteiger partial charge in [0.2, 0.25) is 5.91 Å². The van der Waals surface area contributed by atoms with Gasteiger partial charge in [0.15, 0.2) is 0 Å². The number of aryl methyl sites for hydroxylation is 2. The van der Waals surface area contributed by atoms with Crippen molar-refractivity contribution in [2.24, 2.45) is 0 Å². The largest absolute Gasteiger partial charge is 0.491 e. The van der Waals surface area contributed by atoms with Crippen LogP contribution in [0.25, 0.3) is 0 Å². The number of sulfonamides is 1. The second kappa shape index (κ2) is 10.7. The quantitative estimate of drug-likeness (QED) is 0.500. The van der Waals surface area contributed by atoms with Crippen LogP contribution in [0.15, 0.2) is 77.7 Å². The average molecular weight is 483 g/mol. The van der Waals surface area contributed by atoms with Crippen LogP contribution in [0.3, 0.4) is 0 Å². The number of para-hydroxylation sites is 1. The van der Waals surface area contributed by atoms with Gasteiger partial charge in [-0.05, 0) is 61.9 Å². The summed E-state index contributed by atoms with van der Waals surface area (Å²) in [6, 6.07) is 20.7. The molecule has 0 fully saturated rings. The van der Waals surface area contributed by atoms with Gasteiger partial charge in [0, 0.05) is 19.7 Å². The average Bonchev–Trinajstić information content (AvgIpc) is 2.82.